The van der Waals surface area contributed by atoms with Gasteiger partial charge in [0.1, 0.15) is 6.10 Å². The van der Waals surface area contributed by atoms with Gasteiger partial charge >= 0.3 is 13.6 Å². The summed E-state index contributed by atoms with van der Waals surface area (Å²) >= 11 is 0. The van der Waals surface area contributed by atoms with E-state index in [1.807, 2.05) is 39.3 Å². The Labute approximate surface area is 111 Å². The summed E-state index contributed by atoms with van der Waals surface area (Å²) in [6, 6.07) is 0. The average Bonchev–Trinajstić information content (AvgIpc) is 1.91. The minimum absolute atomic E-state index is 0.188. The Bertz CT molecular complexity index is 343. The van der Waals surface area contributed by atoms with Gasteiger partial charge in [0, 0.05) is 0 Å². The van der Waals surface area contributed by atoms with Crippen LogP contribution in [0.5, 0.6) is 0 Å². The molecule has 0 amide bonds. The molecule has 1 fully saturated rings. The zero-order valence-electron chi connectivity index (χ0n) is 12.0. The van der Waals surface area contributed by atoms with E-state index in [0.717, 1.165) is 0 Å². The Morgan fingerprint density at radius 3 is 1.83 bits per heavy atom. The largest absolute Gasteiger partial charge is 0.461 e. The molecule has 0 aromatic rings. The Kier molecular flexibility index (Phi) is 4.66. The number of hydrogen-bond acceptors (Lipinski definition) is 5. The van der Waals surface area contributed by atoms with E-state index in [-0.39, 0.29) is 18.2 Å². The van der Waals surface area contributed by atoms with Gasteiger partial charge in [-0.3, -0.25) is 9.36 Å². The molecule has 0 radical (unpaired) electrons. The van der Waals surface area contributed by atoms with Crippen molar-refractivity contribution in [2.24, 2.45) is 0 Å². The van der Waals surface area contributed by atoms with Gasteiger partial charge in [-0.1, -0.05) is 0 Å². The van der Waals surface area contributed by atoms with E-state index in [1.54, 1.807) is 0 Å². The van der Waals surface area contributed by atoms with E-state index in [1.165, 1.54) is 0 Å². The molecule has 0 spiro atoms. The van der Waals surface area contributed by atoms with Crippen molar-refractivity contribution in [3.63, 3.8) is 0 Å². The van der Waals surface area contributed by atoms with E-state index in [4.69, 9.17) is 13.2 Å². The van der Waals surface area contributed by atoms with Gasteiger partial charge < -0.3 is 13.2 Å². The lowest BCUT2D eigenvalue weighted by Crippen LogP contribution is -2.39. The van der Waals surface area contributed by atoms with Gasteiger partial charge in [-0.2, -0.15) is 0 Å². The van der Waals surface area contributed by atoms with Crippen molar-refractivity contribution in [1.82, 2.24) is 0 Å². The average molecular weight is 310 g/mol. The molecule has 0 aromatic carbocycles. The molecule has 1 heterocycles. The fourth-order valence-corrected chi connectivity index (χ4v) is 10.1. The molecular weight excluding hydrogens is 287 g/mol. The fraction of sp³-hybridized carbons (Fsp3) is 0.900. The van der Waals surface area contributed by atoms with E-state index in [9.17, 15) is 9.36 Å². The third kappa shape index (κ3) is 5.80. The first-order chi connectivity index (χ1) is 7.89. The van der Waals surface area contributed by atoms with Crippen molar-refractivity contribution in [2.75, 3.05) is 6.16 Å². The zero-order valence-corrected chi connectivity index (χ0v) is 14.9. The highest BCUT2D eigenvalue weighted by molar-refractivity contribution is 7.57. The lowest BCUT2D eigenvalue weighted by molar-refractivity contribution is -0.167. The summed E-state index contributed by atoms with van der Waals surface area (Å²) in [5, 5.41) is 0. The molecule has 1 saturated heterocycles. The first-order valence-corrected chi connectivity index (χ1v) is 14.6. The molecule has 0 bridgehead atoms. The number of hydrogen-bond donors (Lipinski definition) is 0. The Balaban J connectivity index is 2.73. The highest BCUT2D eigenvalue weighted by Gasteiger charge is 2.42. The molecule has 5 nitrogen and oxygen atoms in total. The number of carbonyl (C=O) groups is 1. The third-order valence-electron chi connectivity index (χ3n) is 1.95. The molecule has 18 heavy (non-hydrogen) atoms. The Hall–Kier alpha value is 0.0538. The maximum absolute atomic E-state index is 12.8. The number of ether oxygens (including phenoxy) is 1. The van der Waals surface area contributed by atoms with Crippen molar-refractivity contribution >= 4 is 30.2 Å². The standard InChI is InChI=1S/C10H23O5PSi2/c1-17(2,3)14-16(12,15-18(4,5)6)8-9-7-10(11)13-9/h9H,7-8H2,1-6H3. The van der Waals surface area contributed by atoms with Crippen molar-refractivity contribution in [1.29, 1.82) is 0 Å². The first kappa shape index (κ1) is 16.1. The normalized spacial score (nSPS) is 21.4. The molecule has 0 saturated carbocycles. The van der Waals surface area contributed by atoms with Crippen LogP contribution in [0, 0.1) is 0 Å². The predicted octanol–water partition coefficient (Wildman–Crippen LogP) is 3.20. The first-order valence-electron chi connectivity index (χ1n) is 6.09. The van der Waals surface area contributed by atoms with Gasteiger partial charge in [-0.05, 0) is 39.3 Å². The highest BCUT2D eigenvalue weighted by Crippen LogP contribution is 2.54. The van der Waals surface area contributed by atoms with Gasteiger partial charge in [-0.25, -0.2) is 0 Å². The summed E-state index contributed by atoms with van der Waals surface area (Å²) in [5.41, 5.74) is 0. The van der Waals surface area contributed by atoms with Gasteiger partial charge in [-0.15, -0.1) is 0 Å². The van der Waals surface area contributed by atoms with Crippen LogP contribution in [-0.2, 0) is 22.5 Å². The molecule has 1 unspecified atom stereocenters. The van der Waals surface area contributed by atoms with Gasteiger partial charge in [0.25, 0.3) is 0 Å². The van der Waals surface area contributed by atoms with E-state index in [2.05, 4.69) is 0 Å². The summed E-state index contributed by atoms with van der Waals surface area (Å²) in [6.07, 6.45) is 0.192. The van der Waals surface area contributed by atoms with Crippen molar-refractivity contribution in [2.45, 2.75) is 51.8 Å². The van der Waals surface area contributed by atoms with Crippen LogP contribution in [-0.4, -0.2) is 34.9 Å². The number of rotatable bonds is 6. The Morgan fingerprint density at radius 2 is 1.56 bits per heavy atom. The summed E-state index contributed by atoms with van der Waals surface area (Å²) in [4.78, 5) is 10.8. The molecular formula is C10H23O5PSi2. The lowest BCUT2D eigenvalue weighted by Gasteiger charge is -2.34. The van der Waals surface area contributed by atoms with Crippen molar-refractivity contribution in [3.05, 3.63) is 0 Å². The molecule has 0 N–H and O–H groups in total. The topological polar surface area (TPSA) is 61.8 Å². The quantitative estimate of drug-likeness (QED) is 0.428. The molecule has 1 atom stereocenters. The maximum Gasteiger partial charge on any atom is 0.315 e. The number of esters is 1. The summed E-state index contributed by atoms with van der Waals surface area (Å²) in [7, 11) is -7.11. The van der Waals surface area contributed by atoms with Crippen molar-refractivity contribution in [3.8, 4) is 0 Å². The molecule has 0 aromatic heterocycles. The van der Waals surface area contributed by atoms with Gasteiger partial charge in [0.2, 0.25) is 0 Å². The van der Waals surface area contributed by atoms with Crippen LogP contribution in [0.4, 0.5) is 0 Å². The molecule has 8 heteroatoms. The van der Waals surface area contributed by atoms with Crippen LogP contribution >= 0.6 is 7.60 Å². The second-order valence-corrected chi connectivity index (χ2v) is 18.0. The van der Waals surface area contributed by atoms with Crippen LogP contribution in [0.3, 0.4) is 0 Å². The molecule has 1 aliphatic rings. The number of carbonyl (C=O) groups excluding carboxylic acids is 1. The number of cyclic esters (lactones) is 1. The summed E-state index contributed by atoms with van der Waals surface area (Å²) < 4.78 is 29.2. The minimum Gasteiger partial charge on any atom is -0.461 e. The van der Waals surface area contributed by atoms with Gasteiger partial charge in [0.15, 0.2) is 16.6 Å². The Morgan fingerprint density at radius 1 is 1.17 bits per heavy atom. The molecule has 0 aliphatic carbocycles. The lowest BCUT2D eigenvalue weighted by atomic mass is 10.2. The van der Waals surface area contributed by atoms with E-state index >= 15 is 0 Å². The van der Waals surface area contributed by atoms with Crippen LogP contribution in [0.15, 0.2) is 0 Å². The van der Waals surface area contributed by atoms with Crippen molar-refractivity contribution < 1.29 is 22.5 Å². The molecule has 1 aliphatic heterocycles. The zero-order chi connectivity index (χ0) is 14.2. The maximum atomic E-state index is 12.8. The second kappa shape index (κ2) is 5.21. The van der Waals surface area contributed by atoms with Crippen LogP contribution < -0.4 is 0 Å². The monoisotopic (exact) mass is 310 g/mol. The SMILES string of the molecule is C[Si](C)(C)OP(=O)(CC1CC(=O)O1)O[Si](C)(C)C. The highest BCUT2D eigenvalue weighted by atomic mass is 31.2. The van der Waals surface area contributed by atoms with Crippen LogP contribution in [0.1, 0.15) is 6.42 Å². The van der Waals surface area contributed by atoms with E-state index < -0.39 is 24.2 Å². The summed E-state index contributed by atoms with van der Waals surface area (Å²) in [6.45, 7) is 11.8. The minimum atomic E-state index is -3.16. The molecule has 106 valence electrons. The summed E-state index contributed by atoms with van der Waals surface area (Å²) in [5.74, 6) is -0.243. The van der Waals surface area contributed by atoms with Crippen LogP contribution in [0.25, 0.3) is 0 Å². The fourth-order valence-electron chi connectivity index (χ4n) is 1.64. The molecule has 1 rings (SSSR count). The third-order valence-corrected chi connectivity index (χ3v) is 9.41. The van der Waals surface area contributed by atoms with Gasteiger partial charge in [0.05, 0.1) is 12.6 Å². The van der Waals surface area contributed by atoms with Crippen LogP contribution in [0.2, 0.25) is 39.3 Å². The smallest absolute Gasteiger partial charge is 0.315 e. The predicted molar refractivity (Wildman–Crippen MR) is 75.8 cm³/mol. The van der Waals surface area contributed by atoms with E-state index in [0.29, 0.717) is 6.42 Å². The second-order valence-electron chi connectivity index (χ2n) is 6.52.